The Morgan fingerprint density at radius 2 is 2.10 bits per heavy atom. The molecule has 0 aliphatic heterocycles. The van der Waals surface area contributed by atoms with Crippen molar-refractivity contribution in [2.45, 2.75) is 20.4 Å². The van der Waals surface area contributed by atoms with E-state index in [1.807, 2.05) is 0 Å². The lowest BCUT2D eigenvalue weighted by Gasteiger charge is -2.17. The Morgan fingerprint density at radius 1 is 1.40 bits per heavy atom. The Kier molecular flexibility index (Phi) is 3.74. The van der Waals surface area contributed by atoms with Gasteiger partial charge < -0.3 is 15.2 Å². The molecule has 0 radical (unpaired) electrons. The molecule has 0 aliphatic carbocycles. The fourth-order valence-corrected chi connectivity index (χ4v) is 1.97. The van der Waals surface area contributed by atoms with Crippen molar-refractivity contribution in [3.05, 3.63) is 46.6 Å². The predicted octanol–water partition coefficient (Wildman–Crippen LogP) is 2.28. The van der Waals surface area contributed by atoms with Crippen LogP contribution in [0.1, 0.15) is 27.4 Å². The summed E-state index contributed by atoms with van der Waals surface area (Å²) in [6, 6.07) is 4.56. The highest BCUT2D eigenvalue weighted by molar-refractivity contribution is 5.95. The minimum Gasteiger partial charge on any atom is -0.399 e. The number of aromatic nitrogens is 1. The van der Waals surface area contributed by atoms with Crippen LogP contribution in [0.25, 0.3) is 0 Å². The number of hydrogen-bond acceptors (Lipinski definition) is 4. The monoisotopic (exact) mass is 277 g/mol. The van der Waals surface area contributed by atoms with E-state index in [9.17, 15) is 9.18 Å². The van der Waals surface area contributed by atoms with Crippen LogP contribution in [0.2, 0.25) is 0 Å². The number of amides is 1. The molecule has 1 aromatic heterocycles. The summed E-state index contributed by atoms with van der Waals surface area (Å²) < 4.78 is 18.9. The fraction of sp³-hybridized carbons (Fsp3) is 0.286. The standard InChI is InChI=1S/C14H16FN3O2/c1-8-4-10(16)6-12(13(8)15)14(19)18(3)7-11-5-9(2)20-17-11/h4-6H,7,16H2,1-3H3. The zero-order valence-electron chi connectivity index (χ0n) is 11.6. The van der Waals surface area contributed by atoms with Gasteiger partial charge in [-0.05, 0) is 31.5 Å². The molecule has 0 unspecified atom stereocenters. The van der Waals surface area contributed by atoms with E-state index in [4.69, 9.17) is 10.3 Å². The van der Waals surface area contributed by atoms with Gasteiger partial charge in [0.05, 0.1) is 12.1 Å². The van der Waals surface area contributed by atoms with E-state index in [0.29, 0.717) is 22.7 Å². The van der Waals surface area contributed by atoms with Gasteiger partial charge in [-0.15, -0.1) is 0 Å². The zero-order chi connectivity index (χ0) is 14.9. The van der Waals surface area contributed by atoms with Gasteiger partial charge in [-0.3, -0.25) is 4.79 Å². The smallest absolute Gasteiger partial charge is 0.257 e. The molecule has 0 fully saturated rings. The number of rotatable bonds is 3. The van der Waals surface area contributed by atoms with Crippen LogP contribution in [-0.2, 0) is 6.54 Å². The molecule has 2 N–H and O–H groups in total. The Hall–Kier alpha value is -2.37. The van der Waals surface area contributed by atoms with Gasteiger partial charge in [0.1, 0.15) is 17.3 Å². The predicted molar refractivity (Wildman–Crippen MR) is 72.6 cm³/mol. The second-order valence-corrected chi connectivity index (χ2v) is 4.79. The Balaban J connectivity index is 2.22. The number of benzene rings is 1. The summed E-state index contributed by atoms with van der Waals surface area (Å²) in [6.45, 7) is 3.58. The number of nitrogens with two attached hydrogens (primary N) is 1. The van der Waals surface area contributed by atoms with Crippen LogP contribution in [0.4, 0.5) is 10.1 Å². The first-order valence-electron chi connectivity index (χ1n) is 6.11. The largest absolute Gasteiger partial charge is 0.399 e. The summed E-state index contributed by atoms with van der Waals surface area (Å²) in [4.78, 5) is 13.6. The zero-order valence-corrected chi connectivity index (χ0v) is 11.6. The Morgan fingerprint density at radius 3 is 2.70 bits per heavy atom. The van der Waals surface area contributed by atoms with Gasteiger partial charge in [0.2, 0.25) is 0 Å². The van der Waals surface area contributed by atoms with Crippen molar-refractivity contribution >= 4 is 11.6 Å². The molecule has 2 rings (SSSR count). The van der Waals surface area contributed by atoms with Crippen molar-refractivity contribution in [2.75, 3.05) is 12.8 Å². The van der Waals surface area contributed by atoms with Crippen LogP contribution < -0.4 is 5.73 Å². The maximum absolute atomic E-state index is 14.0. The summed E-state index contributed by atoms with van der Waals surface area (Å²) in [7, 11) is 1.57. The number of nitrogens with zero attached hydrogens (tertiary/aromatic N) is 2. The van der Waals surface area contributed by atoms with Crippen LogP contribution in [-0.4, -0.2) is 23.0 Å². The van der Waals surface area contributed by atoms with Crippen LogP contribution in [0.5, 0.6) is 0 Å². The maximum atomic E-state index is 14.0. The minimum absolute atomic E-state index is 0.0368. The van der Waals surface area contributed by atoms with Crippen molar-refractivity contribution in [1.82, 2.24) is 10.1 Å². The van der Waals surface area contributed by atoms with E-state index in [-0.39, 0.29) is 12.1 Å². The third-order valence-corrected chi connectivity index (χ3v) is 2.93. The number of carbonyl (C=O) groups excluding carboxylic acids is 1. The summed E-state index contributed by atoms with van der Waals surface area (Å²) in [5.74, 6) is -0.335. The van der Waals surface area contributed by atoms with Gasteiger partial charge in [0.25, 0.3) is 5.91 Å². The highest BCUT2D eigenvalue weighted by Gasteiger charge is 2.19. The van der Waals surface area contributed by atoms with Crippen LogP contribution >= 0.6 is 0 Å². The van der Waals surface area contributed by atoms with E-state index in [2.05, 4.69) is 5.16 Å². The summed E-state index contributed by atoms with van der Waals surface area (Å²) >= 11 is 0. The molecule has 6 heteroatoms. The first-order valence-corrected chi connectivity index (χ1v) is 6.11. The molecule has 0 saturated heterocycles. The highest BCUT2D eigenvalue weighted by Crippen LogP contribution is 2.19. The fourth-order valence-electron chi connectivity index (χ4n) is 1.97. The third kappa shape index (κ3) is 2.79. The lowest BCUT2D eigenvalue weighted by molar-refractivity contribution is 0.0777. The summed E-state index contributed by atoms with van der Waals surface area (Å²) in [5, 5.41) is 3.80. The molecule has 5 nitrogen and oxygen atoms in total. The quantitative estimate of drug-likeness (QED) is 0.874. The second-order valence-electron chi connectivity index (χ2n) is 4.79. The molecule has 0 saturated carbocycles. The molecule has 0 aliphatic rings. The van der Waals surface area contributed by atoms with Crippen LogP contribution in [0.15, 0.2) is 22.7 Å². The van der Waals surface area contributed by atoms with Gasteiger partial charge in [-0.1, -0.05) is 5.16 Å². The molecule has 106 valence electrons. The third-order valence-electron chi connectivity index (χ3n) is 2.93. The highest BCUT2D eigenvalue weighted by atomic mass is 19.1. The van der Waals surface area contributed by atoms with Crippen LogP contribution in [0, 0.1) is 19.7 Å². The lowest BCUT2D eigenvalue weighted by atomic mass is 10.1. The summed E-state index contributed by atoms with van der Waals surface area (Å²) in [5.41, 5.74) is 6.94. The lowest BCUT2D eigenvalue weighted by Crippen LogP contribution is -2.27. The van der Waals surface area contributed by atoms with Crippen molar-refractivity contribution in [3.8, 4) is 0 Å². The molecule has 2 aromatic rings. The van der Waals surface area contributed by atoms with E-state index in [1.54, 1.807) is 27.0 Å². The molecule has 0 atom stereocenters. The molecule has 0 spiro atoms. The SMILES string of the molecule is Cc1cc(CN(C)C(=O)c2cc(N)cc(C)c2F)no1. The van der Waals surface area contributed by atoms with Crippen LogP contribution in [0.3, 0.4) is 0 Å². The average molecular weight is 277 g/mol. The molecule has 1 amide bonds. The number of aryl methyl sites for hydroxylation is 2. The number of hydrogen-bond donors (Lipinski definition) is 1. The van der Waals surface area contributed by atoms with Gasteiger partial charge in [-0.2, -0.15) is 0 Å². The van der Waals surface area contributed by atoms with E-state index < -0.39 is 11.7 Å². The van der Waals surface area contributed by atoms with Gasteiger partial charge in [-0.25, -0.2) is 4.39 Å². The van der Waals surface area contributed by atoms with Crippen molar-refractivity contribution in [2.24, 2.45) is 0 Å². The topological polar surface area (TPSA) is 72.4 Å². The molecular formula is C14H16FN3O2. The van der Waals surface area contributed by atoms with Crippen molar-refractivity contribution in [3.63, 3.8) is 0 Å². The Bertz CT molecular complexity index is 652. The number of nitrogen functional groups attached to an aromatic ring is 1. The van der Waals surface area contributed by atoms with E-state index in [1.165, 1.54) is 17.0 Å². The Labute approximate surface area is 116 Å². The van der Waals surface area contributed by atoms with E-state index >= 15 is 0 Å². The molecule has 0 bridgehead atoms. The summed E-state index contributed by atoms with van der Waals surface area (Å²) in [6.07, 6.45) is 0. The average Bonchev–Trinajstić information content (AvgIpc) is 2.78. The number of carbonyl (C=O) groups is 1. The second kappa shape index (κ2) is 5.32. The normalized spacial score (nSPS) is 10.6. The van der Waals surface area contributed by atoms with Gasteiger partial charge in [0, 0.05) is 18.8 Å². The number of anilines is 1. The maximum Gasteiger partial charge on any atom is 0.257 e. The van der Waals surface area contributed by atoms with Crippen molar-refractivity contribution < 1.29 is 13.7 Å². The number of halogens is 1. The van der Waals surface area contributed by atoms with E-state index in [0.717, 1.165) is 0 Å². The first-order chi connectivity index (χ1) is 9.38. The van der Waals surface area contributed by atoms with Crippen molar-refractivity contribution in [1.29, 1.82) is 0 Å². The molecule has 20 heavy (non-hydrogen) atoms. The molecular weight excluding hydrogens is 261 g/mol. The van der Waals surface area contributed by atoms with Gasteiger partial charge in [0.15, 0.2) is 0 Å². The van der Waals surface area contributed by atoms with Gasteiger partial charge >= 0.3 is 0 Å². The molecule has 1 aromatic carbocycles. The molecule has 1 heterocycles. The minimum atomic E-state index is -0.549. The first kappa shape index (κ1) is 14.0.